The zero-order chi connectivity index (χ0) is 30.0. The van der Waals surface area contributed by atoms with Gasteiger partial charge in [-0.2, -0.15) is 0 Å². The van der Waals surface area contributed by atoms with Crippen LogP contribution in [0.1, 0.15) is 4.88 Å². The van der Waals surface area contributed by atoms with Crippen molar-refractivity contribution in [1.29, 1.82) is 0 Å². The molecule has 0 saturated carbocycles. The van der Waals surface area contributed by atoms with Gasteiger partial charge in [0.2, 0.25) is 0 Å². The number of para-hydroxylation sites is 2. The molecule has 10 heteroatoms. The third-order valence-electron chi connectivity index (χ3n) is 7.05. The predicted octanol–water partition coefficient (Wildman–Crippen LogP) is 8.50. The van der Waals surface area contributed by atoms with Gasteiger partial charge in [0, 0.05) is 17.1 Å². The Morgan fingerprint density at radius 2 is 1.16 bits per heavy atom. The Kier molecular flexibility index (Phi) is 7.40. The van der Waals surface area contributed by atoms with Crippen LogP contribution < -0.4 is 23.8 Å². The van der Waals surface area contributed by atoms with Crippen molar-refractivity contribution < 1.29 is 28.8 Å². The first-order chi connectivity index (χ1) is 21.6. The molecule has 2 aliphatic heterocycles. The lowest BCUT2D eigenvalue weighted by Crippen LogP contribution is -2.15. The molecule has 2 aromatic heterocycles. The van der Waals surface area contributed by atoms with Crippen molar-refractivity contribution in [2.75, 3.05) is 31.3 Å². The maximum absolute atomic E-state index is 11.6. The van der Waals surface area contributed by atoms with E-state index in [0.717, 1.165) is 37.3 Å². The molecule has 0 saturated heterocycles. The highest BCUT2D eigenvalue weighted by atomic mass is 32.1. The van der Waals surface area contributed by atoms with E-state index in [2.05, 4.69) is 58.3 Å². The van der Waals surface area contributed by atoms with E-state index in [1.807, 2.05) is 36.4 Å². The van der Waals surface area contributed by atoms with Crippen LogP contribution in [0.15, 0.2) is 90.6 Å². The number of rotatable bonds is 7. The minimum absolute atomic E-state index is 0.327. The van der Waals surface area contributed by atoms with Crippen LogP contribution in [-0.2, 0) is 4.79 Å². The smallest absolute Gasteiger partial charge is 0.333 e. The second kappa shape index (κ2) is 11.8. The van der Waals surface area contributed by atoms with Gasteiger partial charge in [0.1, 0.15) is 26.4 Å². The van der Waals surface area contributed by atoms with Crippen LogP contribution in [0.25, 0.3) is 31.1 Å². The summed E-state index contributed by atoms with van der Waals surface area (Å²) in [5, 5.41) is 9.45. The minimum Gasteiger partial charge on any atom is -0.486 e. The molecule has 0 atom stereocenters. The summed E-state index contributed by atoms with van der Waals surface area (Å²) in [4.78, 5) is 19.9. The molecule has 44 heavy (non-hydrogen) atoms. The summed E-state index contributed by atoms with van der Waals surface area (Å²) in [6.45, 7) is 8.79. The minimum atomic E-state index is -1.30. The van der Waals surface area contributed by atoms with Gasteiger partial charge in [0.25, 0.3) is 5.70 Å². The molecule has 0 spiro atoms. The first-order valence-electron chi connectivity index (χ1n) is 13.8. The molecule has 0 radical (unpaired) electrons. The maximum Gasteiger partial charge on any atom is 0.333 e. The lowest BCUT2D eigenvalue weighted by molar-refractivity contribution is -0.132. The quantitative estimate of drug-likeness (QED) is 0.144. The molecule has 2 aliphatic rings. The Bertz CT molecular complexity index is 1870. The molecule has 1 N–H and O–H groups in total. The van der Waals surface area contributed by atoms with E-state index in [0.29, 0.717) is 54.3 Å². The third-order valence-corrected chi connectivity index (χ3v) is 9.52. The van der Waals surface area contributed by atoms with Crippen molar-refractivity contribution in [2.24, 2.45) is 0 Å². The number of aliphatic carboxylic acids is 1. The molecule has 0 aliphatic carbocycles. The molecule has 3 aromatic carbocycles. The molecule has 8 nitrogen and oxygen atoms in total. The summed E-state index contributed by atoms with van der Waals surface area (Å²) >= 11 is 2.83. The molecule has 218 valence electrons. The number of nitrogens with zero attached hydrogens (tertiary/aromatic N) is 2. The van der Waals surface area contributed by atoms with E-state index in [9.17, 15) is 9.90 Å². The summed E-state index contributed by atoms with van der Waals surface area (Å²) in [5.41, 5.74) is 3.69. The average Bonchev–Trinajstić information content (AvgIpc) is 3.63. The Balaban J connectivity index is 1.31. The Hall–Kier alpha value is -5.24. The first kappa shape index (κ1) is 27.6. The summed E-state index contributed by atoms with van der Waals surface area (Å²) in [6, 6.07) is 28.8. The second-order valence-corrected chi connectivity index (χ2v) is 11.8. The fourth-order valence-electron chi connectivity index (χ4n) is 5.14. The summed E-state index contributed by atoms with van der Waals surface area (Å²) in [7, 11) is 0. The van der Waals surface area contributed by atoms with E-state index in [4.69, 9.17) is 25.5 Å². The van der Waals surface area contributed by atoms with E-state index >= 15 is 0 Å². The lowest BCUT2D eigenvalue weighted by Gasteiger charge is -2.25. The summed E-state index contributed by atoms with van der Waals surface area (Å²) in [5.74, 6) is 0.937. The SMILES string of the molecule is [C-]#[N+]C(=Cc1sc(-c2sc(-c3ccc(N(c4ccccc4)c4ccccc4)cc3)c3c2OCCO3)c2c1OCCO2)C(=O)O. The van der Waals surface area contributed by atoms with Crippen molar-refractivity contribution in [2.45, 2.75) is 0 Å². The lowest BCUT2D eigenvalue weighted by atomic mass is 10.1. The van der Waals surface area contributed by atoms with Gasteiger partial charge in [-0.1, -0.05) is 48.5 Å². The summed E-state index contributed by atoms with van der Waals surface area (Å²) in [6.07, 6.45) is 1.33. The van der Waals surface area contributed by atoms with Crippen LogP contribution in [0.3, 0.4) is 0 Å². The predicted molar refractivity (Wildman–Crippen MR) is 172 cm³/mol. The van der Waals surface area contributed by atoms with Gasteiger partial charge in [0.05, 0.1) is 26.1 Å². The van der Waals surface area contributed by atoms with Crippen molar-refractivity contribution in [3.05, 3.63) is 107 Å². The van der Waals surface area contributed by atoms with E-state index < -0.39 is 11.7 Å². The van der Waals surface area contributed by atoms with Crippen LogP contribution in [0.5, 0.6) is 23.0 Å². The zero-order valence-corrected chi connectivity index (χ0v) is 24.8. The van der Waals surface area contributed by atoms with E-state index in [-0.39, 0.29) is 0 Å². The van der Waals surface area contributed by atoms with Crippen molar-refractivity contribution in [3.8, 4) is 43.2 Å². The second-order valence-electron chi connectivity index (χ2n) is 9.77. The van der Waals surface area contributed by atoms with Gasteiger partial charge in [-0.05, 0) is 48.0 Å². The molecule has 0 unspecified atom stereocenters. The van der Waals surface area contributed by atoms with Gasteiger partial charge in [0.15, 0.2) is 23.0 Å². The number of benzene rings is 3. The average molecular weight is 621 g/mol. The molecule has 5 aromatic rings. The Labute approximate surface area is 261 Å². The van der Waals surface area contributed by atoms with Crippen LogP contribution >= 0.6 is 22.7 Å². The number of carboxylic acids is 1. The molecular weight excluding hydrogens is 597 g/mol. The monoisotopic (exact) mass is 620 g/mol. The van der Waals surface area contributed by atoms with E-state index in [1.54, 1.807) is 0 Å². The number of anilines is 3. The number of carboxylic acid groups (broad SMARTS) is 1. The van der Waals surface area contributed by atoms with E-state index in [1.165, 1.54) is 28.7 Å². The number of hydrogen-bond acceptors (Lipinski definition) is 8. The molecular formula is C34H24N2O6S2. The number of carbonyl (C=O) groups is 1. The fraction of sp³-hybridized carbons (Fsp3) is 0.118. The number of ether oxygens (including phenoxy) is 4. The normalized spacial score (nSPS) is 13.7. The highest BCUT2D eigenvalue weighted by Gasteiger charge is 2.33. The topological polar surface area (TPSA) is 81.8 Å². The van der Waals surface area contributed by atoms with Gasteiger partial charge in [-0.3, -0.25) is 4.79 Å². The number of hydrogen-bond donors (Lipinski definition) is 1. The highest BCUT2D eigenvalue weighted by Crippen LogP contribution is 2.60. The third kappa shape index (κ3) is 5.02. The van der Waals surface area contributed by atoms with Crippen LogP contribution in [0.2, 0.25) is 0 Å². The summed E-state index contributed by atoms with van der Waals surface area (Å²) < 4.78 is 24.3. The van der Waals surface area contributed by atoms with Gasteiger partial charge >= 0.3 is 5.97 Å². The van der Waals surface area contributed by atoms with Gasteiger partial charge in [-0.25, -0.2) is 4.85 Å². The number of fused-ring (bicyclic) bond motifs is 2. The van der Waals surface area contributed by atoms with Crippen molar-refractivity contribution in [3.63, 3.8) is 0 Å². The van der Waals surface area contributed by atoms with Crippen LogP contribution in [-0.4, -0.2) is 37.5 Å². The largest absolute Gasteiger partial charge is 0.486 e. The van der Waals surface area contributed by atoms with Gasteiger partial charge < -0.3 is 29.0 Å². The van der Waals surface area contributed by atoms with Crippen molar-refractivity contribution in [1.82, 2.24) is 0 Å². The Morgan fingerprint density at radius 1 is 0.682 bits per heavy atom. The molecule has 7 rings (SSSR count). The van der Waals surface area contributed by atoms with Crippen molar-refractivity contribution >= 4 is 51.8 Å². The first-order valence-corrected chi connectivity index (χ1v) is 15.4. The van der Waals surface area contributed by atoms with Crippen LogP contribution in [0, 0.1) is 6.57 Å². The fourth-order valence-corrected chi connectivity index (χ4v) is 7.58. The molecule has 4 heterocycles. The highest BCUT2D eigenvalue weighted by molar-refractivity contribution is 7.25. The zero-order valence-electron chi connectivity index (χ0n) is 23.2. The molecule has 0 fully saturated rings. The van der Waals surface area contributed by atoms with Gasteiger partial charge in [-0.15, -0.1) is 22.7 Å². The molecule has 0 bridgehead atoms. The standard InChI is InChI=1S/C34H24N2O6S2/c1-35-25(34(37)38)20-26-27-28(40-17-16-39-27)32(43-26)33-30-29(41-18-19-42-30)31(44-33)21-12-14-24(15-13-21)36(22-8-4-2-5-9-22)23-10-6-3-7-11-23/h2-15,20H,16-19H2,(H,37,38). The van der Waals surface area contributed by atoms with Crippen LogP contribution in [0.4, 0.5) is 17.1 Å². The molecule has 0 amide bonds. The number of thiophene rings is 2. The maximum atomic E-state index is 11.6. The Morgan fingerprint density at radius 3 is 1.70 bits per heavy atom.